The molecular weight excluding hydrogens is 102 g/mol. The van der Waals surface area contributed by atoms with Gasteiger partial charge in [-0.3, -0.25) is 0 Å². The molecule has 0 aromatic rings. The minimum atomic E-state index is -0.0162. The average Bonchev–Trinajstić information content (AvgIpc) is 2.23. The minimum absolute atomic E-state index is 0.0162. The summed E-state index contributed by atoms with van der Waals surface area (Å²) < 4.78 is 0. The summed E-state index contributed by atoms with van der Waals surface area (Å²) in [4.78, 5) is 0. The van der Waals surface area contributed by atoms with Gasteiger partial charge < -0.3 is 5.11 Å². The van der Waals surface area contributed by atoms with E-state index in [1.165, 1.54) is 0 Å². The molecule has 1 N–H and O–H groups in total. The Balaban J connectivity index is 2.11. The third-order valence-corrected chi connectivity index (χ3v) is 2.23. The summed E-state index contributed by atoms with van der Waals surface area (Å²) in [6.07, 6.45) is 2.07. The second kappa shape index (κ2) is 1.45. The summed E-state index contributed by atoms with van der Waals surface area (Å²) in [7, 11) is 0. The molecule has 0 spiro atoms. The van der Waals surface area contributed by atoms with Crippen molar-refractivity contribution in [3.63, 3.8) is 0 Å². The Kier molecular flexibility index (Phi) is 0.866. The van der Waals surface area contributed by atoms with E-state index in [2.05, 4.69) is 5.32 Å². The van der Waals surface area contributed by atoms with Crippen LogP contribution in [0.1, 0.15) is 12.8 Å². The third-order valence-electron chi connectivity index (χ3n) is 2.23. The highest BCUT2D eigenvalue weighted by Crippen LogP contribution is 2.31. The monoisotopic (exact) mass is 112 g/mol. The highest BCUT2D eigenvalue weighted by Gasteiger charge is 2.38. The molecule has 1 aliphatic heterocycles. The topological polar surface area (TPSA) is 34.3 Å². The van der Waals surface area contributed by atoms with E-state index >= 15 is 0 Å². The van der Waals surface area contributed by atoms with Gasteiger partial charge in [0.1, 0.15) is 0 Å². The van der Waals surface area contributed by atoms with E-state index in [-0.39, 0.29) is 6.10 Å². The minimum Gasteiger partial charge on any atom is -0.393 e. The number of aliphatic hydroxyl groups is 1. The molecule has 3 atom stereocenters. The van der Waals surface area contributed by atoms with Gasteiger partial charge >= 0.3 is 0 Å². The van der Waals surface area contributed by atoms with Crippen molar-refractivity contribution in [1.29, 1.82) is 0 Å². The molecule has 1 heterocycles. The molecule has 1 radical (unpaired) electrons. The van der Waals surface area contributed by atoms with E-state index in [0.29, 0.717) is 12.0 Å². The normalized spacial score (nSPS) is 52.9. The lowest BCUT2D eigenvalue weighted by atomic mass is 10.1. The van der Waals surface area contributed by atoms with Crippen molar-refractivity contribution in [3.05, 3.63) is 0 Å². The Morgan fingerprint density at radius 1 is 1.38 bits per heavy atom. The van der Waals surface area contributed by atoms with Crippen LogP contribution in [-0.2, 0) is 0 Å². The lowest BCUT2D eigenvalue weighted by molar-refractivity contribution is 0.120. The van der Waals surface area contributed by atoms with Gasteiger partial charge in [-0.05, 0) is 12.8 Å². The summed E-state index contributed by atoms with van der Waals surface area (Å²) in [6.45, 7) is 0.922. The predicted octanol–water partition coefficient (Wildman–Crippen LogP) is -0.256. The van der Waals surface area contributed by atoms with Crippen LogP contribution in [0.4, 0.5) is 0 Å². The van der Waals surface area contributed by atoms with Gasteiger partial charge in [0.05, 0.1) is 6.10 Å². The van der Waals surface area contributed by atoms with Gasteiger partial charge in [-0.2, -0.15) is 0 Å². The van der Waals surface area contributed by atoms with E-state index in [9.17, 15) is 0 Å². The van der Waals surface area contributed by atoms with Crippen LogP contribution in [0.3, 0.4) is 0 Å². The van der Waals surface area contributed by atoms with Crippen LogP contribution in [0.5, 0.6) is 0 Å². The van der Waals surface area contributed by atoms with E-state index in [1.807, 2.05) is 0 Å². The van der Waals surface area contributed by atoms with Crippen molar-refractivity contribution in [2.45, 2.75) is 25.0 Å². The van der Waals surface area contributed by atoms with Crippen LogP contribution in [0.2, 0.25) is 0 Å². The maximum atomic E-state index is 9.16. The zero-order valence-corrected chi connectivity index (χ0v) is 4.75. The molecule has 0 aromatic carbocycles. The van der Waals surface area contributed by atoms with Crippen molar-refractivity contribution >= 4 is 0 Å². The lowest BCUT2D eigenvalue weighted by Gasteiger charge is -2.14. The van der Waals surface area contributed by atoms with Crippen LogP contribution in [-0.4, -0.2) is 23.8 Å². The summed E-state index contributed by atoms with van der Waals surface area (Å²) in [5.74, 6) is 0.528. The first-order chi connectivity index (χ1) is 3.86. The Labute approximate surface area is 48.9 Å². The fourth-order valence-corrected chi connectivity index (χ4v) is 1.70. The Morgan fingerprint density at radius 2 is 2.25 bits per heavy atom. The maximum absolute atomic E-state index is 9.16. The zero-order valence-electron chi connectivity index (χ0n) is 4.75. The molecule has 2 aliphatic rings. The SMILES string of the molecule is OC1CC2CC1C[N]2. The fraction of sp³-hybridized carbons (Fsp3) is 1.00. The molecule has 2 bridgehead atoms. The summed E-state index contributed by atoms with van der Waals surface area (Å²) in [6, 6.07) is 0.523. The van der Waals surface area contributed by atoms with Crippen molar-refractivity contribution in [2.24, 2.45) is 5.92 Å². The van der Waals surface area contributed by atoms with E-state index in [0.717, 1.165) is 19.4 Å². The van der Waals surface area contributed by atoms with Crippen molar-refractivity contribution in [2.75, 3.05) is 6.54 Å². The second-order valence-electron chi connectivity index (χ2n) is 2.82. The number of hydrogen-bond acceptors (Lipinski definition) is 1. The predicted molar refractivity (Wildman–Crippen MR) is 29.5 cm³/mol. The van der Waals surface area contributed by atoms with Gasteiger partial charge in [-0.25, -0.2) is 5.32 Å². The largest absolute Gasteiger partial charge is 0.393 e. The molecule has 2 heteroatoms. The van der Waals surface area contributed by atoms with Crippen LogP contribution < -0.4 is 5.32 Å². The van der Waals surface area contributed by atoms with Gasteiger partial charge in [-0.15, -0.1) is 0 Å². The van der Waals surface area contributed by atoms with Crippen LogP contribution in [0.25, 0.3) is 0 Å². The van der Waals surface area contributed by atoms with Gasteiger partial charge in [0.15, 0.2) is 0 Å². The highest BCUT2D eigenvalue weighted by atomic mass is 16.3. The molecular formula is C6H10NO. The highest BCUT2D eigenvalue weighted by molar-refractivity contribution is 4.94. The molecule has 2 rings (SSSR count). The molecule has 45 valence electrons. The Hall–Kier alpha value is -0.0800. The molecule has 2 fully saturated rings. The van der Waals surface area contributed by atoms with Crippen molar-refractivity contribution < 1.29 is 5.11 Å². The van der Waals surface area contributed by atoms with Gasteiger partial charge in [0.2, 0.25) is 0 Å². The summed E-state index contributed by atoms with van der Waals surface area (Å²) in [5, 5.41) is 13.5. The van der Waals surface area contributed by atoms with Gasteiger partial charge in [0, 0.05) is 18.5 Å². The smallest absolute Gasteiger partial charge is 0.0597 e. The summed E-state index contributed by atoms with van der Waals surface area (Å²) in [5.41, 5.74) is 0. The first kappa shape index (κ1) is 4.77. The molecule has 8 heavy (non-hydrogen) atoms. The van der Waals surface area contributed by atoms with Gasteiger partial charge in [-0.1, -0.05) is 0 Å². The van der Waals surface area contributed by atoms with E-state index in [4.69, 9.17) is 5.11 Å². The van der Waals surface area contributed by atoms with Gasteiger partial charge in [0.25, 0.3) is 0 Å². The van der Waals surface area contributed by atoms with Crippen LogP contribution in [0.15, 0.2) is 0 Å². The molecule has 1 saturated carbocycles. The molecule has 0 amide bonds. The number of hydrogen-bond donors (Lipinski definition) is 1. The lowest BCUT2D eigenvalue weighted by Crippen LogP contribution is -2.27. The fourth-order valence-electron chi connectivity index (χ4n) is 1.70. The third kappa shape index (κ3) is 0.501. The number of nitrogens with zero attached hydrogens (tertiary/aromatic N) is 1. The van der Waals surface area contributed by atoms with Crippen LogP contribution in [0, 0.1) is 5.92 Å². The summed E-state index contributed by atoms with van der Waals surface area (Å²) >= 11 is 0. The standard InChI is InChI=1S/C6H10NO/c8-6-2-5-1-4(6)3-7-5/h4-6,8H,1-3H2. The Bertz CT molecular complexity index is 103. The average molecular weight is 112 g/mol. The molecule has 2 nitrogen and oxygen atoms in total. The quantitative estimate of drug-likeness (QED) is 0.460. The van der Waals surface area contributed by atoms with Crippen molar-refractivity contribution in [3.8, 4) is 0 Å². The molecule has 3 unspecified atom stereocenters. The number of piperidine rings is 1. The molecule has 1 saturated heterocycles. The maximum Gasteiger partial charge on any atom is 0.0597 e. The molecule has 0 aromatic heterocycles. The number of aliphatic hydroxyl groups excluding tert-OH is 1. The molecule has 1 aliphatic carbocycles. The van der Waals surface area contributed by atoms with E-state index < -0.39 is 0 Å². The van der Waals surface area contributed by atoms with Crippen LogP contribution >= 0.6 is 0 Å². The first-order valence-corrected chi connectivity index (χ1v) is 3.21. The first-order valence-electron chi connectivity index (χ1n) is 3.21. The van der Waals surface area contributed by atoms with Crippen molar-refractivity contribution in [1.82, 2.24) is 5.32 Å². The Morgan fingerprint density at radius 3 is 2.50 bits per heavy atom. The van der Waals surface area contributed by atoms with E-state index in [1.54, 1.807) is 0 Å². The number of rotatable bonds is 0. The zero-order chi connectivity index (χ0) is 5.56. The second-order valence-corrected chi connectivity index (χ2v) is 2.82. The number of fused-ring (bicyclic) bond motifs is 2.